The second-order valence-electron chi connectivity index (χ2n) is 4.96. The third-order valence-corrected chi connectivity index (χ3v) is 5.35. The van der Waals surface area contributed by atoms with E-state index < -0.39 is 4.33 Å². The summed E-state index contributed by atoms with van der Waals surface area (Å²) in [5.41, 5.74) is 2.35. The van der Waals surface area contributed by atoms with Gasteiger partial charge in [0.15, 0.2) is 0 Å². The van der Waals surface area contributed by atoms with Gasteiger partial charge in [0.1, 0.15) is 10.1 Å². The lowest BCUT2D eigenvalue weighted by molar-refractivity contribution is 0.414. The van der Waals surface area contributed by atoms with E-state index in [2.05, 4.69) is 40.8 Å². The first-order valence-electron chi connectivity index (χ1n) is 6.31. The van der Waals surface area contributed by atoms with E-state index in [-0.39, 0.29) is 11.8 Å². The Morgan fingerprint density at radius 1 is 1.00 bits per heavy atom. The Labute approximate surface area is 142 Å². The molecule has 0 saturated heterocycles. The highest BCUT2D eigenvalue weighted by atomic mass is 127. The summed E-state index contributed by atoms with van der Waals surface area (Å²) in [7, 11) is 1.66. The van der Waals surface area contributed by atoms with Gasteiger partial charge in [-0.1, -0.05) is 24.3 Å². The summed E-state index contributed by atoms with van der Waals surface area (Å²) < 4.78 is 5.66. The van der Waals surface area contributed by atoms with Crippen LogP contribution in [-0.4, -0.2) is 11.4 Å². The van der Waals surface area contributed by atoms with E-state index in [1.807, 2.05) is 30.3 Å². The molecule has 1 saturated carbocycles. The van der Waals surface area contributed by atoms with E-state index in [1.165, 1.54) is 9.13 Å². The van der Waals surface area contributed by atoms with E-state index in [0.717, 1.165) is 11.3 Å². The molecule has 0 bridgehead atoms. The van der Waals surface area contributed by atoms with Crippen molar-refractivity contribution in [2.75, 3.05) is 7.11 Å². The molecule has 1 aliphatic rings. The fourth-order valence-corrected chi connectivity index (χ4v) is 4.12. The lowest BCUT2D eigenvalue weighted by atomic mass is 10.0. The maximum Gasteiger partial charge on any atom is 0.133 e. The molecule has 1 nitrogen and oxygen atoms in total. The van der Waals surface area contributed by atoms with Crippen molar-refractivity contribution < 1.29 is 4.74 Å². The average Bonchev–Trinajstić information content (AvgIpc) is 3.01. The maximum absolute atomic E-state index is 6.50. The van der Waals surface area contributed by atoms with Gasteiger partial charge < -0.3 is 4.74 Å². The Morgan fingerprint density at radius 3 is 2.25 bits per heavy atom. The summed E-state index contributed by atoms with van der Waals surface area (Å²) in [6.07, 6.45) is 0. The number of ether oxygens (including phenoxy) is 1. The molecular weight excluding hydrogens is 406 g/mol. The van der Waals surface area contributed by atoms with Crippen LogP contribution in [0.3, 0.4) is 0 Å². The first-order valence-corrected chi connectivity index (χ1v) is 8.14. The summed E-state index contributed by atoms with van der Waals surface area (Å²) in [6.45, 7) is 0. The van der Waals surface area contributed by atoms with Crippen LogP contribution in [-0.2, 0) is 0 Å². The van der Waals surface area contributed by atoms with Gasteiger partial charge in [-0.15, -0.1) is 23.2 Å². The van der Waals surface area contributed by atoms with Crippen LogP contribution in [0.25, 0.3) is 0 Å². The van der Waals surface area contributed by atoms with Crippen LogP contribution in [0, 0.1) is 3.57 Å². The zero-order chi connectivity index (χ0) is 14.3. The molecule has 0 amide bonds. The molecule has 0 spiro atoms. The van der Waals surface area contributed by atoms with Gasteiger partial charge in [0.25, 0.3) is 0 Å². The number of benzene rings is 2. The van der Waals surface area contributed by atoms with E-state index in [1.54, 1.807) is 7.11 Å². The van der Waals surface area contributed by atoms with E-state index in [4.69, 9.17) is 27.9 Å². The van der Waals surface area contributed by atoms with Gasteiger partial charge in [-0.2, -0.15) is 0 Å². The molecular formula is C16H13Cl2IO. The third kappa shape index (κ3) is 2.53. The topological polar surface area (TPSA) is 9.23 Å². The monoisotopic (exact) mass is 418 g/mol. The smallest absolute Gasteiger partial charge is 0.133 e. The summed E-state index contributed by atoms with van der Waals surface area (Å²) in [5, 5.41) is 0. The van der Waals surface area contributed by atoms with Crippen molar-refractivity contribution in [3.05, 3.63) is 63.2 Å². The van der Waals surface area contributed by atoms with Crippen LogP contribution in [0.5, 0.6) is 5.75 Å². The highest BCUT2D eigenvalue weighted by Crippen LogP contribution is 2.70. The van der Waals surface area contributed by atoms with Crippen molar-refractivity contribution in [1.82, 2.24) is 0 Å². The molecule has 2 unspecified atom stereocenters. The Balaban J connectivity index is 1.90. The summed E-state index contributed by atoms with van der Waals surface area (Å²) in [6, 6.07) is 16.3. The minimum absolute atomic E-state index is 0.134. The number of hydrogen-bond acceptors (Lipinski definition) is 1. The van der Waals surface area contributed by atoms with Gasteiger partial charge >= 0.3 is 0 Å². The first kappa shape index (κ1) is 14.5. The fraction of sp³-hybridized carbons (Fsp3) is 0.250. The Hall–Kier alpha value is -0.450. The number of rotatable bonds is 3. The standard InChI is InChI=1S/C16H13Cl2IO/c1-20-13-7-5-10(6-8-13)14-15(16(14,17)18)11-3-2-4-12(19)9-11/h2-9,14-15H,1H3. The van der Waals surface area contributed by atoms with Crippen molar-refractivity contribution in [2.24, 2.45) is 0 Å². The van der Waals surface area contributed by atoms with E-state index in [9.17, 15) is 0 Å². The van der Waals surface area contributed by atoms with Gasteiger partial charge in [-0.3, -0.25) is 0 Å². The minimum Gasteiger partial charge on any atom is -0.497 e. The van der Waals surface area contributed by atoms with E-state index in [0.29, 0.717) is 0 Å². The lowest BCUT2D eigenvalue weighted by Gasteiger charge is -2.03. The molecule has 1 fully saturated rings. The second-order valence-corrected chi connectivity index (χ2v) is 7.65. The van der Waals surface area contributed by atoms with Crippen LogP contribution in [0.4, 0.5) is 0 Å². The van der Waals surface area contributed by atoms with Crippen LogP contribution in [0.2, 0.25) is 0 Å². The van der Waals surface area contributed by atoms with Gasteiger partial charge in [0.2, 0.25) is 0 Å². The lowest BCUT2D eigenvalue weighted by Crippen LogP contribution is -1.91. The van der Waals surface area contributed by atoms with Gasteiger partial charge in [0.05, 0.1) is 7.11 Å². The number of halogens is 3. The van der Waals surface area contributed by atoms with E-state index >= 15 is 0 Å². The number of hydrogen-bond donors (Lipinski definition) is 0. The highest BCUT2D eigenvalue weighted by molar-refractivity contribution is 14.1. The minimum atomic E-state index is -0.723. The predicted octanol–water partition coefficient (Wildman–Crippen LogP) is 5.35. The fourth-order valence-electron chi connectivity index (χ4n) is 2.67. The number of methoxy groups -OCH3 is 1. The molecule has 0 aromatic heterocycles. The van der Waals surface area contributed by atoms with Crippen molar-refractivity contribution in [3.8, 4) is 5.75 Å². The molecule has 104 valence electrons. The van der Waals surface area contributed by atoms with Crippen LogP contribution in [0.15, 0.2) is 48.5 Å². The molecule has 20 heavy (non-hydrogen) atoms. The molecule has 0 N–H and O–H groups in total. The van der Waals surface area contributed by atoms with Crippen molar-refractivity contribution >= 4 is 45.8 Å². The summed E-state index contributed by atoms with van der Waals surface area (Å²) in [4.78, 5) is 0. The van der Waals surface area contributed by atoms with Crippen molar-refractivity contribution in [3.63, 3.8) is 0 Å². The normalized spacial score (nSPS) is 23.4. The predicted molar refractivity (Wildman–Crippen MR) is 92.1 cm³/mol. The Bertz CT molecular complexity index is 625. The molecule has 0 aliphatic heterocycles. The Morgan fingerprint density at radius 2 is 1.65 bits per heavy atom. The largest absolute Gasteiger partial charge is 0.497 e. The van der Waals surface area contributed by atoms with Crippen molar-refractivity contribution in [1.29, 1.82) is 0 Å². The average molecular weight is 419 g/mol. The van der Waals surface area contributed by atoms with Crippen LogP contribution >= 0.6 is 45.8 Å². The molecule has 3 rings (SSSR count). The van der Waals surface area contributed by atoms with Crippen LogP contribution < -0.4 is 4.74 Å². The third-order valence-electron chi connectivity index (χ3n) is 3.74. The first-order chi connectivity index (χ1) is 9.54. The molecule has 2 atom stereocenters. The summed E-state index contributed by atoms with van der Waals surface area (Å²) >= 11 is 15.3. The molecule has 2 aromatic rings. The number of alkyl halides is 2. The van der Waals surface area contributed by atoms with Crippen LogP contribution in [0.1, 0.15) is 23.0 Å². The quantitative estimate of drug-likeness (QED) is 0.481. The van der Waals surface area contributed by atoms with Gasteiger partial charge in [0, 0.05) is 15.4 Å². The molecule has 2 aromatic carbocycles. The van der Waals surface area contributed by atoms with Gasteiger partial charge in [-0.25, -0.2) is 0 Å². The van der Waals surface area contributed by atoms with Crippen molar-refractivity contribution in [2.45, 2.75) is 16.2 Å². The highest BCUT2D eigenvalue weighted by Gasteiger charge is 2.64. The second kappa shape index (κ2) is 5.39. The molecule has 0 radical (unpaired) electrons. The SMILES string of the molecule is COc1ccc(C2C(c3cccc(I)c3)C2(Cl)Cl)cc1. The summed E-state index contributed by atoms with van der Waals surface area (Å²) in [5.74, 6) is 1.12. The zero-order valence-corrected chi connectivity index (χ0v) is 14.5. The molecule has 4 heteroatoms. The Kier molecular flexibility index (Phi) is 3.91. The van der Waals surface area contributed by atoms with Gasteiger partial charge in [-0.05, 0) is 58.0 Å². The zero-order valence-electron chi connectivity index (χ0n) is 10.8. The molecule has 1 aliphatic carbocycles. The molecule has 0 heterocycles. The maximum atomic E-state index is 6.50.